The summed E-state index contributed by atoms with van der Waals surface area (Å²) < 4.78 is 26.8. The Hall–Kier alpha value is -0.130. The van der Waals surface area contributed by atoms with Gasteiger partial charge >= 0.3 is 0 Å². The molecule has 5 heteroatoms. The summed E-state index contributed by atoms with van der Waals surface area (Å²) >= 11 is 0. The average molecular weight is 274 g/mol. The number of hydrogen-bond acceptors (Lipinski definition) is 3. The lowest BCUT2D eigenvalue weighted by molar-refractivity contribution is 0.249. The van der Waals surface area contributed by atoms with E-state index < -0.39 is 10.0 Å². The van der Waals surface area contributed by atoms with Crippen LogP contribution in [0.25, 0.3) is 0 Å². The molecule has 18 heavy (non-hydrogen) atoms. The van der Waals surface area contributed by atoms with Crippen molar-refractivity contribution in [1.82, 2.24) is 10.0 Å². The first-order valence-electron chi connectivity index (χ1n) is 7.19. The highest BCUT2D eigenvalue weighted by Gasteiger charge is 2.28. The first-order valence-corrected chi connectivity index (χ1v) is 8.85. The van der Waals surface area contributed by atoms with Gasteiger partial charge in [-0.05, 0) is 43.9 Å². The van der Waals surface area contributed by atoms with Gasteiger partial charge in [-0.3, -0.25) is 0 Å². The van der Waals surface area contributed by atoms with Gasteiger partial charge in [-0.15, -0.1) is 0 Å². The largest absolute Gasteiger partial charge is 0.313 e. The fraction of sp³-hybridized carbons (Fsp3) is 1.00. The van der Waals surface area contributed by atoms with Crippen molar-refractivity contribution in [2.24, 2.45) is 11.8 Å². The Morgan fingerprint density at radius 1 is 1.11 bits per heavy atom. The molecule has 0 bridgehead atoms. The molecule has 2 N–H and O–H groups in total. The van der Waals surface area contributed by atoms with E-state index in [1.807, 2.05) is 0 Å². The van der Waals surface area contributed by atoms with Gasteiger partial charge in [0.2, 0.25) is 10.0 Å². The summed E-state index contributed by atoms with van der Waals surface area (Å²) in [6, 6.07) is 0.724. The van der Waals surface area contributed by atoms with Crippen molar-refractivity contribution in [1.29, 1.82) is 0 Å². The normalized spacial score (nSPS) is 33.6. The molecule has 0 aliphatic heterocycles. The molecule has 0 radical (unpaired) electrons. The predicted molar refractivity (Wildman–Crippen MR) is 73.9 cm³/mol. The first-order chi connectivity index (χ1) is 8.46. The zero-order valence-electron chi connectivity index (χ0n) is 11.5. The maximum atomic E-state index is 12.0. The van der Waals surface area contributed by atoms with E-state index in [4.69, 9.17) is 0 Å². The van der Waals surface area contributed by atoms with E-state index in [9.17, 15) is 8.42 Å². The van der Waals surface area contributed by atoms with Crippen LogP contribution in [0.3, 0.4) is 0 Å². The SMILES string of the molecule is CC1CCC(NS(=O)(=O)CCNC2CC2)C(C)C1. The van der Waals surface area contributed by atoms with Gasteiger partial charge in [-0.25, -0.2) is 13.1 Å². The average Bonchev–Trinajstić information content (AvgIpc) is 3.06. The fourth-order valence-electron chi connectivity index (χ4n) is 2.81. The van der Waals surface area contributed by atoms with Crippen LogP contribution < -0.4 is 10.0 Å². The highest BCUT2D eigenvalue weighted by Crippen LogP contribution is 2.28. The van der Waals surface area contributed by atoms with Crippen LogP contribution >= 0.6 is 0 Å². The molecule has 0 aromatic carbocycles. The molecule has 3 unspecified atom stereocenters. The minimum absolute atomic E-state index is 0.145. The van der Waals surface area contributed by atoms with Gasteiger partial charge in [0.15, 0.2) is 0 Å². The zero-order chi connectivity index (χ0) is 13.2. The summed E-state index contributed by atoms with van der Waals surface area (Å²) in [6.45, 7) is 4.99. The zero-order valence-corrected chi connectivity index (χ0v) is 12.3. The lowest BCUT2D eigenvalue weighted by Gasteiger charge is -2.32. The molecular formula is C13H26N2O2S. The van der Waals surface area contributed by atoms with E-state index in [-0.39, 0.29) is 11.8 Å². The van der Waals surface area contributed by atoms with E-state index in [1.165, 1.54) is 12.8 Å². The van der Waals surface area contributed by atoms with Gasteiger partial charge in [0.25, 0.3) is 0 Å². The van der Waals surface area contributed by atoms with E-state index in [1.54, 1.807) is 0 Å². The number of rotatable bonds is 6. The molecule has 0 aromatic heterocycles. The topological polar surface area (TPSA) is 58.2 Å². The summed E-state index contributed by atoms with van der Waals surface area (Å²) in [7, 11) is -3.11. The Morgan fingerprint density at radius 2 is 1.83 bits per heavy atom. The summed E-state index contributed by atoms with van der Waals surface area (Å²) in [5.41, 5.74) is 0. The van der Waals surface area contributed by atoms with Crippen molar-refractivity contribution in [2.75, 3.05) is 12.3 Å². The van der Waals surface area contributed by atoms with Crippen LogP contribution in [0.5, 0.6) is 0 Å². The van der Waals surface area contributed by atoms with Gasteiger partial charge in [0, 0.05) is 18.6 Å². The Bertz CT molecular complexity index is 365. The fourth-order valence-corrected chi connectivity index (χ4v) is 4.13. The highest BCUT2D eigenvalue weighted by molar-refractivity contribution is 7.89. The molecule has 2 aliphatic rings. The van der Waals surface area contributed by atoms with Gasteiger partial charge in [0.05, 0.1) is 5.75 Å². The van der Waals surface area contributed by atoms with E-state index >= 15 is 0 Å². The lowest BCUT2D eigenvalue weighted by atomic mass is 9.80. The summed E-state index contributed by atoms with van der Waals surface area (Å²) in [5.74, 6) is 1.40. The summed E-state index contributed by atoms with van der Waals surface area (Å²) in [6.07, 6.45) is 5.65. The molecule has 2 rings (SSSR count). The Labute approximate surface area is 111 Å². The van der Waals surface area contributed by atoms with Crippen LogP contribution in [0.1, 0.15) is 46.0 Å². The molecule has 3 atom stereocenters. The standard InChI is InChI=1S/C13H26N2O2S/c1-10-3-6-13(11(2)9-10)15-18(16,17)8-7-14-12-4-5-12/h10-15H,3-9H2,1-2H3. The van der Waals surface area contributed by atoms with Crippen LogP contribution in [-0.2, 0) is 10.0 Å². The van der Waals surface area contributed by atoms with Crippen LogP contribution in [0, 0.1) is 11.8 Å². The minimum atomic E-state index is -3.11. The van der Waals surface area contributed by atoms with Crippen molar-refractivity contribution >= 4 is 10.0 Å². The maximum Gasteiger partial charge on any atom is 0.213 e. The van der Waals surface area contributed by atoms with Crippen LogP contribution in [0.2, 0.25) is 0 Å². The second-order valence-corrected chi connectivity index (χ2v) is 8.04. The van der Waals surface area contributed by atoms with Gasteiger partial charge < -0.3 is 5.32 Å². The van der Waals surface area contributed by atoms with Crippen molar-refractivity contribution in [3.8, 4) is 0 Å². The number of hydrogen-bond donors (Lipinski definition) is 2. The van der Waals surface area contributed by atoms with E-state index in [0.717, 1.165) is 25.2 Å². The van der Waals surface area contributed by atoms with Crippen LogP contribution in [0.15, 0.2) is 0 Å². The van der Waals surface area contributed by atoms with Gasteiger partial charge in [-0.2, -0.15) is 0 Å². The molecule has 0 saturated heterocycles. The predicted octanol–water partition coefficient (Wildman–Crippen LogP) is 1.48. The van der Waals surface area contributed by atoms with Crippen molar-refractivity contribution in [2.45, 2.75) is 58.0 Å². The third-order valence-electron chi connectivity index (χ3n) is 4.14. The first kappa shape index (κ1) is 14.3. The Morgan fingerprint density at radius 3 is 2.44 bits per heavy atom. The molecule has 2 aliphatic carbocycles. The second kappa shape index (κ2) is 5.88. The molecular weight excluding hydrogens is 248 g/mol. The Kier molecular flexibility index (Phi) is 4.67. The van der Waals surface area contributed by atoms with Gasteiger partial charge in [-0.1, -0.05) is 13.8 Å². The molecule has 0 aromatic rings. The van der Waals surface area contributed by atoms with Gasteiger partial charge in [0.1, 0.15) is 0 Å². The molecule has 0 spiro atoms. The second-order valence-electron chi connectivity index (χ2n) is 6.17. The minimum Gasteiger partial charge on any atom is -0.313 e. The smallest absolute Gasteiger partial charge is 0.213 e. The van der Waals surface area contributed by atoms with Crippen LogP contribution in [-0.4, -0.2) is 32.8 Å². The molecule has 0 heterocycles. The maximum absolute atomic E-state index is 12.0. The van der Waals surface area contributed by atoms with E-state index in [2.05, 4.69) is 23.9 Å². The summed E-state index contributed by atoms with van der Waals surface area (Å²) in [5, 5.41) is 3.25. The number of nitrogens with one attached hydrogen (secondary N) is 2. The van der Waals surface area contributed by atoms with Crippen molar-refractivity contribution < 1.29 is 8.42 Å². The summed E-state index contributed by atoms with van der Waals surface area (Å²) in [4.78, 5) is 0. The van der Waals surface area contributed by atoms with Crippen LogP contribution in [0.4, 0.5) is 0 Å². The molecule has 2 fully saturated rings. The van der Waals surface area contributed by atoms with E-state index in [0.29, 0.717) is 18.5 Å². The highest BCUT2D eigenvalue weighted by atomic mass is 32.2. The monoisotopic (exact) mass is 274 g/mol. The van der Waals surface area contributed by atoms with Crippen molar-refractivity contribution in [3.05, 3.63) is 0 Å². The third kappa shape index (κ3) is 4.52. The quantitative estimate of drug-likeness (QED) is 0.771. The lowest BCUT2D eigenvalue weighted by Crippen LogP contribution is -2.44. The number of sulfonamides is 1. The Balaban J connectivity index is 1.75. The third-order valence-corrected chi connectivity index (χ3v) is 5.55. The molecule has 2 saturated carbocycles. The van der Waals surface area contributed by atoms with Crippen molar-refractivity contribution in [3.63, 3.8) is 0 Å². The molecule has 106 valence electrons. The molecule has 4 nitrogen and oxygen atoms in total. The molecule has 0 amide bonds.